The molecule has 0 radical (unpaired) electrons. The third kappa shape index (κ3) is 4.67. The van der Waals surface area contributed by atoms with Crippen LogP contribution in [0.2, 0.25) is 0 Å². The fourth-order valence-corrected chi connectivity index (χ4v) is 2.75. The van der Waals surface area contributed by atoms with Crippen molar-refractivity contribution in [1.29, 1.82) is 0 Å². The fraction of sp³-hybridized carbons (Fsp3) is 0.300. The summed E-state index contributed by atoms with van der Waals surface area (Å²) in [6.45, 7) is 0.604. The van der Waals surface area contributed by atoms with Gasteiger partial charge in [-0.25, -0.2) is 0 Å². The molecular formula is C20H25N3O2. The van der Waals surface area contributed by atoms with Crippen LogP contribution in [-0.4, -0.2) is 49.8 Å². The number of carbonyl (C=O) groups excluding carboxylic acids is 2. The number of rotatable bonds is 6. The zero-order chi connectivity index (χ0) is 18.4. The Hall–Kier alpha value is -2.66. The normalized spacial score (nSPS) is 11.9. The molecular weight excluding hydrogens is 314 g/mol. The maximum atomic E-state index is 12.7. The van der Waals surface area contributed by atoms with Gasteiger partial charge in [-0.05, 0) is 30.3 Å². The van der Waals surface area contributed by atoms with E-state index in [2.05, 4.69) is 5.32 Å². The van der Waals surface area contributed by atoms with Crippen molar-refractivity contribution in [2.24, 2.45) is 0 Å². The minimum atomic E-state index is -0.352. The highest BCUT2D eigenvalue weighted by Gasteiger charge is 2.26. The van der Waals surface area contributed by atoms with Crippen LogP contribution in [0.1, 0.15) is 27.5 Å². The van der Waals surface area contributed by atoms with Crippen LogP contribution < -0.4 is 5.32 Å². The topological polar surface area (TPSA) is 52.7 Å². The van der Waals surface area contributed by atoms with E-state index in [0.717, 1.165) is 11.1 Å². The van der Waals surface area contributed by atoms with Gasteiger partial charge in [0.15, 0.2) is 0 Å². The van der Waals surface area contributed by atoms with Gasteiger partial charge in [-0.3, -0.25) is 14.5 Å². The third-order valence-corrected chi connectivity index (χ3v) is 4.11. The molecule has 2 amide bonds. The standard InChI is InChI=1S/C20H25N3O2/c1-21-19(24)17-12-10-15(11-13-17)14-23(4)18(20(25)22(2)3)16-8-6-5-7-9-16/h5-13,18H,14H2,1-4H3,(H,21,24)/t18-/m0/s1. The van der Waals surface area contributed by atoms with Gasteiger partial charge in [-0.2, -0.15) is 0 Å². The number of nitrogens with zero attached hydrogens (tertiary/aromatic N) is 2. The molecule has 1 N–H and O–H groups in total. The Morgan fingerprint density at radius 1 is 0.960 bits per heavy atom. The molecule has 2 aromatic rings. The number of carbonyl (C=O) groups is 2. The number of likely N-dealkylation sites (N-methyl/N-ethyl adjacent to an activating group) is 2. The molecule has 0 aliphatic rings. The average Bonchev–Trinajstić information content (AvgIpc) is 2.62. The van der Waals surface area contributed by atoms with Gasteiger partial charge in [0, 0.05) is 33.3 Å². The molecule has 0 spiro atoms. The number of hydrogen-bond donors (Lipinski definition) is 1. The average molecular weight is 339 g/mol. The number of hydrogen-bond acceptors (Lipinski definition) is 3. The maximum absolute atomic E-state index is 12.7. The second-order valence-corrected chi connectivity index (χ2v) is 6.24. The second kappa shape index (κ2) is 8.44. The Labute approximate surface area is 149 Å². The van der Waals surface area contributed by atoms with Gasteiger partial charge >= 0.3 is 0 Å². The number of benzene rings is 2. The van der Waals surface area contributed by atoms with E-state index in [4.69, 9.17) is 0 Å². The van der Waals surface area contributed by atoms with Gasteiger partial charge in [0.25, 0.3) is 5.91 Å². The van der Waals surface area contributed by atoms with Crippen molar-refractivity contribution in [3.63, 3.8) is 0 Å². The Bertz CT molecular complexity index is 711. The largest absolute Gasteiger partial charge is 0.355 e. The van der Waals surface area contributed by atoms with E-state index in [0.29, 0.717) is 12.1 Å². The van der Waals surface area contributed by atoms with Crippen molar-refractivity contribution in [3.8, 4) is 0 Å². The summed E-state index contributed by atoms with van der Waals surface area (Å²) in [7, 11) is 7.08. The summed E-state index contributed by atoms with van der Waals surface area (Å²) in [6, 6.07) is 16.9. The lowest BCUT2D eigenvalue weighted by Crippen LogP contribution is -2.37. The SMILES string of the molecule is CNC(=O)c1ccc(CN(C)[C@H](C(=O)N(C)C)c2ccccc2)cc1. The van der Waals surface area contributed by atoms with Crippen molar-refractivity contribution < 1.29 is 9.59 Å². The van der Waals surface area contributed by atoms with Gasteiger partial charge in [0.05, 0.1) is 0 Å². The highest BCUT2D eigenvalue weighted by molar-refractivity contribution is 5.93. The molecule has 5 heteroatoms. The van der Waals surface area contributed by atoms with E-state index in [1.165, 1.54) is 0 Å². The molecule has 0 aromatic heterocycles. The Balaban J connectivity index is 2.21. The van der Waals surface area contributed by atoms with E-state index in [-0.39, 0.29) is 17.9 Å². The molecule has 1 atom stereocenters. The minimum Gasteiger partial charge on any atom is -0.355 e. The summed E-state index contributed by atoms with van der Waals surface area (Å²) < 4.78 is 0. The Morgan fingerprint density at radius 3 is 2.08 bits per heavy atom. The van der Waals surface area contributed by atoms with Crippen LogP contribution in [0.4, 0.5) is 0 Å². The van der Waals surface area contributed by atoms with Crippen LogP contribution in [0.15, 0.2) is 54.6 Å². The molecule has 0 unspecified atom stereocenters. The first-order valence-corrected chi connectivity index (χ1v) is 8.21. The molecule has 132 valence electrons. The van der Waals surface area contributed by atoms with Gasteiger partial charge in [0.2, 0.25) is 5.91 Å². The monoisotopic (exact) mass is 339 g/mol. The zero-order valence-corrected chi connectivity index (χ0v) is 15.2. The highest BCUT2D eigenvalue weighted by Crippen LogP contribution is 2.23. The van der Waals surface area contributed by atoms with Crippen LogP contribution in [0, 0.1) is 0 Å². The predicted molar refractivity (Wildman–Crippen MR) is 99.2 cm³/mol. The fourth-order valence-electron chi connectivity index (χ4n) is 2.75. The van der Waals surface area contributed by atoms with E-state index in [9.17, 15) is 9.59 Å². The summed E-state index contributed by atoms with van der Waals surface area (Å²) in [6.07, 6.45) is 0. The van der Waals surface area contributed by atoms with Crippen molar-refractivity contribution in [3.05, 3.63) is 71.3 Å². The lowest BCUT2D eigenvalue weighted by molar-refractivity contribution is -0.134. The summed E-state index contributed by atoms with van der Waals surface area (Å²) in [5.74, 6) is -0.0690. The van der Waals surface area contributed by atoms with Crippen molar-refractivity contribution >= 4 is 11.8 Å². The first-order chi connectivity index (χ1) is 11.9. The van der Waals surface area contributed by atoms with E-state index < -0.39 is 0 Å². The molecule has 5 nitrogen and oxygen atoms in total. The maximum Gasteiger partial charge on any atom is 0.251 e. The van der Waals surface area contributed by atoms with E-state index >= 15 is 0 Å². The summed E-state index contributed by atoms with van der Waals surface area (Å²) >= 11 is 0. The van der Waals surface area contributed by atoms with Crippen LogP contribution in [-0.2, 0) is 11.3 Å². The Morgan fingerprint density at radius 2 is 1.56 bits per heavy atom. The molecule has 2 rings (SSSR count). The third-order valence-electron chi connectivity index (χ3n) is 4.11. The summed E-state index contributed by atoms with van der Waals surface area (Å²) in [4.78, 5) is 28.0. The molecule has 0 aliphatic carbocycles. The zero-order valence-electron chi connectivity index (χ0n) is 15.2. The molecule has 25 heavy (non-hydrogen) atoms. The lowest BCUT2D eigenvalue weighted by atomic mass is 10.0. The molecule has 2 aromatic carbocycles. The molecule has 0 bridgehead atoms. The number of amides is 2. The quantitative estimate of drug-likeness (QED) is 0.879. The molecule has 0 saturated heterocycles. The first kappa shape index (κ1) is 18.7. The van der Waals surface area contributed by atoms with Crippen LogP contribution >= 0.6 is 0 Å². The van der Waals surface area contributed by atoms with Gasteiger partial charge in [-0.15, -0.1) is 0 Å². The summed E-state index contributed by atoms with van der Waals surface area (Å²) in [5, 5.41) is 2.61. The highest BCUT2D eigenvalue weighted by atomic mass is 16.2. The van der Waals surface area contributed by atoms with Crippen molar-refractivity contribution in [2.75, 3.05) is 28.2 Å². The molecule has 0 saturated carbocycles. The summed E-state index contributed by atoms with van der Waals surface area (Å²) in [5.41, 5.74) is 2.63. The smallest absolute Gasteiger partial charge is 0.251 e. The van der Waals surface area contributed by atoms with Gasteiger partial charge in [0.1, 0.15) is 6.04 Å². The Kier molecular flexibility index (Phi) is 6.31. The minimum absolute atomic E-state index is 0.0377. The molecule has 0 aliphatic heterocycles. The number of nitrogens with one attached hydrogen (secondary N) is 1. The van der Waals surface area contributed by atoms with Gasteiger partial charge in [-0.1, -0.05) is 42.5 Å². The molecule has 0 fully saturated rings. The van der Waals surface area contributed by atoms with Crippen LogP contribution in [0.25, 0.3) is 0 Å². The van der Waals surface area contributed by atoms with Crippen LogP contribution in [0.5, 0.6) is 0 Å². The predicted octanol–water partition coefficient (Wildman–Crippen LogP) is 2.31. The van der Waals surface area contributed by atoms with E-state index in [1.54, 1.807) is 38.2 Å². The second-order valence-electron chi connectivity index (χ2n) is 6.24. The van der Waals surface area contributed by atoms with Crippen LogP contribution in [0.3, 0.4) is 0 Å². The first-order valence-electron chi connectivity index (χ1n) is 8.21. The van der Waals surface area contributed by atoms with Crippen molar-refractivity contribution in [1.82, 2.24) is 15.1 Å². The van der Waals surface area contributed by atoms with E-state index in [1.807, 2.05) is 54.4 Å². The lowest BCUT2D eigenvalue weighted by Gasteiger charge is -2.29. The van der Waals surface area contributed by atoms with Gasteiger partial charge < -0.3 is 10.2 Å². The van der Waals surface area contributed by atoms with Crippen molar-refractivity contribution in [2.45, 2.75) is 12.6 Å². The molecule has 0 heterocycles.